The van der Waals surface area contributed by atoms with Crippen molar-refractivity contribution in [3.05, 3.63) is 47.5 Å². The molecular weight excluding hydrogens is 320 g/mol. The lowest BCUT2D eigenvalue weighted by atomic mass is 9.85. The highest BCUT2D eigenvalue weighted by atomic mass is 16.5. The minimum Gasteiger partial charge on any atom is -0.504 e. The SMILES string of the molecule is COc1cc([C@H]2[OH+][C@@H](c3ccc(O)c(OC)c3)[C@@H](C)[C@H]2C)ccc1O. The van der Waals surface area contributed by atoms with Gasteiger partial charge < -0.3 is 24.4 Å². The first-order valence-electron chi connectivity index (χ1n) is 8.40. The van der Waals surface area contributed by atoms with E-state index in [9.17, 15) is 10.2 Å². The Morgan fingerprint density at radius 3 is 1.52 bits per heavy atom. The number of rotatable bonds is 4. The number of ether oxygens (including phenoxy) is 3. The van der Waals surface area contributed by atoms with Gasteiger partial charge in [0.1, 0.15) is 0 Å². The summed E-state index contributed by atoms with van der Waals surface area (Å²) in [6.07, 6.45) is 0.0450. The molecule has 0 spiro atoms. The van der Waals surface area contributed by atoms with Crippen LogP contribution in [0.3, 0.4) is 0 Å². The fraction of sp³-hybridized carbons (Fsp3) is 0.400. The highest BCUT2D eigenvalue weighted by molar-refractivity contribution is 5.44. The Hall–Kier alpha value is -2.40. The second-order valence-corrected chi connectivity index (χ2v) is 6.62. The summed E-state index contributed by atoms with van der Waals surface area (Å²) in [4.78, 5) is 0. The molecule has 134 valence electrons. The van der Waals surface area contributed by atoms with Crippen LogP contribution in [0.4, 0.5) is 0 Å². The van der Waals surface area contributed by atoms with Crippen LogP contribution in [-0.4, -0.2) is 29.2 Å². The maximum absolute atomic E-state index is 9.82. The lowest BCUT2D eigenvalue weighted by molar-refractivity contribution is -0.132. The first kappa shape index (κ1) is 17.4. The molecule has 1 aliphatic heterocycles. The Morgan fingerprint density at radius 2 is 1.16 bits per heavy atom. The zero-order chi connectivity index (χ0) is 18.1. The van der Waals surface area contributed by atoms with Crippen molar-refractivity contribution in [1.29, 1.82) is 0 Å². The largest absolute Gasteiger partial charge is 0.504 e. The molecule has 3 rings (SSSR count). The molecule has 0 bridgehead atoms. The number of phenolic OH excluding ortho intramolecular Hbond substituents is 2. The lowest BCUT2D eigenvalue weighted by Gasteiger charge is -2.15. The molecule has 2 aromatic carbocycles. The maximum Gasteiger partial charge on any atom is 0.184 e. The van der Waals surface area contributed by atoms with Gasteiger partial charge in [-0.1, -0.05) is 13.8 Å². The van der Waals surface area contributed by atoms with E-state index >= 15 is 0 Å². The van der Waals surface area contributed by atoms with Gasteiger partial charge in [-0.15, -0.1) is 0 Å². The van der Waals surface area contributed by atoms with E-state index in [1.165, 1.54) is 0 Å². The Balaban J connectivity index is 1.91. The van der Waals surface area contributed by atoms with Gasteiger partial charge in [0.25, 0.3) is 0 Å². The molecule has 5 nitrogen and oxygen atoms in total. The summed E-state index contributed by atoms with van der Waals surface area (Å²) < 4.78 is 15.5. The number of phenols is 2. The Kier molecular flexibility index (Phi) is 4.77. The van der Waals surface area contributed by atoms with Gasteiger partial charge in [0, 0.05) is 23.0 Å². The van der Waals surface area contributed by atoms with E-state index in [-0.39, 0.29) is 23.7 Å². The van der Waals surface area contributed by atoms with Crippen molar-refractivity contribution < 1.29 is 24.4 Å². The Morgan fingerprint density at radius 1 is 0.760 bits per heavy atom. The molecular formula is C20H25O5+. The van der Waals surface area contributed by atoms with Crippen molar-refractivity contribution in [1.82, 2.24) is 0 Å². The van der Waals surface area contributed by atoms with Crippen LogP contribution in [0, 0.1) is 11.8 Å². The molecule has 1 aliphatic rings. The molecule has 1 fully saturated rings. The van der Waals surface area contributed by atoms with Crippen molar-refractivity contribution in [3.8, 4) is 23.0 Å². The van der Waals surface area contributed by atoms with E-state index < -0.39 is 0 Å². The van der Waals surface area contributed by atoms with Crippen LogP contribution in [0.15, 0.2) is 36.4 Å². The Labute approximate surface area is 147 Å². The van der Waals surface area contributed by atoms with Crippen molar-refractivity contribution in [3.63, 3.8) is 0 Å². The van der Waals surface area contributed by atoms with Gasteiger partial charge in [-0.3, -0.25) is 0 Å². The number of methoxy groups -OCH3 is 2. The summed E-state index contributed by atoms with van der Waals surface area (Å²) >= 11 is 0. The first-order chi connectivity index (χ1) is 12.0. The van der Waals surface area contributed by atoms with Crippen molar-refractivity contribution in [2.24, 2.45) is 11.8 Å². The lowest BCUT2D eigenvalue weighted by Crippen LogP contribution is -2.10. The number of aromatic hydroxyl groups is 2. The van der Waals surface area contributed by atoms with Gasteiger partial charge in [0.2, 0.25) is 0 Å². The summed E-state index contributed by atoms with van der Waals surface area (Å²) in [5, 5.41) is 19.6. The van der Waals surface area contributed by atoms with E-state index in [2.05, 4.69) is 13.8 Å². The summed E-state index contributed by atoms with van der Waals surface area (Å²) in [7, 11) is 3.09. The maximum atomic E-state index is 9.82. The van der Waals surface area contributed by atoms with Crippen molar-refractivity contribution >= 4 is 0 Å². The molecule has 0 amide bonds. The van der Waals surface area contributed by atoms with E-state index in [0.29, 0.717) is 23.3 Å². The van der Waals surface area contributed by atoms with Gasteiger partial charge in [-0.25, -0.2) is 0 Å². The zero-order valence-corrected chi connectivity index (χ0v) is 14.9. The molecule has 0 unspecified atom stereocenters. The van der Waals surface area contributed by atoms with Crippen LogP contribution >= 0.6 is 0 Å². The van der Waals surface area contributed by atoms with Crippen LogP contribution in [0.1, 0.15) is 37.2 Å². The molecule has 0 aromatic heterocycles. The third-order valence-electron chi connectivity index (χ3n) is 5.24. The molecule has 4 atom stereocenters. The first-order valence-corrected chi connectivity index (χ1v) is 8.40. The minimum absolute atomic E-state index is 0.0225. The number of aliphatic hydroxyl groups is 2. The molecule has 2 aromatic rings. The summed E-state index contributed by atoms with van der Waals surface area (Å²) in [6, 6.07) is 10.8. The molecule has 0 radical (unpaired) electrons. The van der Waals surface area contributed by atoms with Crippen molar-refractivity contribution in [2.45, 2.75) is 26.1 Å². The molecule has 0 saturated carbocycles. The summed E-state index contributed by atoms with van der Waals surface area (Å²) in [6.45, 7) is 4.38. The molecule has 1 heterocycles. The smallest absolute Gasteiger partial charge is 0.184 e. The minimum atomic E-state index is 0.0225. The summed E-state index contributed by atoms with van der Waals surface area (Å²) in [5.74, 6) is 1.84. The van der Waals surface area contributed by atoms with Gasteiger partial charge in [0.05, 0.1) is 14.2 Å². The van der Waals surface area contributed by atoms with E-state index in [1.54, 1.807) is 26.4 Å². The third kappa shape index (κ3) is 3.12. The monoisotopic (exact) mass is 345 g/mol. The highest BCUT2D eigenvalue weighted by Gasteiger charge is 2.46. The van der Waals surface area contributed by atoms with E-state index in [1.807, 2.05) is 24.3 Å². The zero-order valence-electron chi connectivity index (χ0n) is 14.9. The predicted octanol–water partition coefficient (Wildman–Crippen LogP) is 3.71. The fourth-order valence-electron chi connectivity index (χ4n) is 3.56. The topological polar surface area (TPSA) is 71.7 Å². The van der Waals surface area contributed by atoms with Crippen molar-refractivity contribution in [2.75, 3.05) is 14.2 Å². The average Bonchev–Trinajstić information content (AvgIpc) is 2.91. The summed E-state index contributed by atoms with van der Waals surface area (Å²) in [5.41, 5.74) is 2.06. The average molecular weight is 345 g/mol. The van der Waals surface area contributed by atoms with Crippen LogP contribution in [0.5, 0.6) is 23.0 Å². The predicted molar refractivity (Wildman–Crippen MR) is 95.3 cm³/mol. The quantitative estimate of drug-likeness (QED) is 0.829. The molecule has 25 heavy (non-hydrogen) atoms. The van der Waals surface area contributed by atoms with Gasteiger partial charge in [-0.05, 0) is 36.4 Å². The molecule has 3 N–H and O–H groups in total. The molecule has 0 aliphatic carbocycles. The fourth-order valence-corrected chi connectivity index (χ4v) is 3.56. The van der Waals surface area contributed by atoms with Crippen LogP contribution < -0.4 is 9.47 Å². The van der Waals surface area contributed by atoms with E-state index in [4.69, 9.17) is 14.2 Å². The molecule has 1 saturated heterocycles. The second kappa shape index (κ2) is 6.84. The number of hydrogen-bond donors (Lipinski definition) is 2. The van der Waals surface area contributed by atoms with Crippen LogP contribution in [0.25, 0.3) is 0 Å². The third-order valence-corrected chi connectivity index (χ3v) is 5.24. The van der Waals surface area contributed by atoms with E-state index in [0.717, 1.165) is 11.1 Å². The standard InChI is InChI=1S/C20H24O5/c1-11-12(2)20(14-6-8-16(22)18(10-14)24-4)25-19(11)13-5-7-15(21)17(9-13)23-3/h5-12,19-22H,1-4H3/p+1/t11-,12+,19+,20-. The number of benzene rings is 2. The van der Waals surface area contributed by atoms with Crippen LogP contribution in [-0.2, 0) is 0 Å². The molecule has 5 heteroatoms. The van der Waals surface area contributed by atoms with Crippen LogP contribution in [0.2, 0.25) is 0 Å². The number of hydrogen-bond acceptors (Lipinski definition) is 4. The second-order valence-electron chi connectivity index (χ2n) is 6.62. The highest BCUT2D eigenvalue weighted by Crippen LogP contribution is 2.48. The normalized spacial score (nSPS) is 25.8. The Bertz CT molecular complexity index is 694. The van der Waals surface area contributed by atoms with Gasteiger partial charge in [-0.2, -0.15) is 0 Å². The van der Waals surface area contributed by atoms with Gasteiger partial charge >= 0.3 is 0 Å². The van der Waals surface area contributed by atoms with Gasteiger partial charge in [0.15, 0.2) is 35.2 Å².